The summed E-state index contributed by atoms with van der Waals surface area (Å²) in [6.45, 7) is 0. The third kappa shape index (κ3) is 6.95. The van der Waals surface area contributed by atoms with E-state index < -0.39 is 25.0 Å². The maximum atomic E-state index is 12.8. The molecule has 2 unspecified atom stereocenters. The number of amides is 2. The fourth-order valence-electron chi connectivity index (χ4n) is 3.36. The Morgan fingerprint density at radius 2 is 1.53 bits per heavy atom. The summed E-state index contributed by atoms with van der Waals surface area (Å²) < 4.78 is 0. The summed E-state index contributed by atoms with van der Waals surface area (Å²) in [5, 5.41) is 25.5. The van der Waals surface area contributed by atoms with Crippen LogP contribution in [0.15, 0.2) is 84.9 Å². The fraction of sp³-hybridized carbons (Fsp3) is 0.167. The number of hydrogen-bond acceptors (Lipinski definition) is 4. The van der Waals surface area contributed by atoms with Gasteiger partial charge >= 0.3 is 7.12 Å². The van der Waals surface area contributed by atoms with E-state index in [4.69, 9.17) is 11.6 Å². The zero-order chi connectivity index (χ0) is 22.9. The molecule has 2 amide bonds. The van der Waals surface area contributed by atoms with Crippen molar-refractivity contribution in [2.75, 3.05) is 0 Å². The van der Waals surface area contributed by atoms with Crippen LogP contribution in [0, 0.1) is 0 Å². The number of halogens is 1. The second-order valence-corrected chi connectivity index (χ2v) is 7.86. The van der Waals surface area contributed by atoms with E-state index in [-0.39, 0.29) is 18.7 Å². The highest BCUT2D eigenvalue weighted by molar-refractivity contribution is 6.43. The van der Waals surface area contributed by atoms with Crippen LogP contribution in [-0.2, 0) is 11.2 Å². The predicted octanol–water partition coefficient (Wildman–Crippen LogP) is 2.94. The molecule has 0 saturated carbocycles. The molecule has 0 heterocycles. The van der Waals surface area contributed by atoms with Gasteiger partial charge in [-0.25, -0.2) is 0 Å². The SMILES string of the molecule is O=C(CC(NC(=O)c1ccccc1)c1cccc(Cl)c1)NC(Cc1ccccc1)B(O)O. The monoisotopic (exact) mass is 450 g/mol. The van der Waals surface area contributed by atoms with E-state index in [9.17, 15) is 19.6 Å². The van der Waals surface area contributed by atoms with Crippen LogP contribution in [-0.4, -0.2) is 34.9 Å². The molecule has 3 aromatic carbocycles. The van der Waals surface area contributed by atoms with Gasteiger partial charge < -0.3 is 20.7 Å². The maximum Gasteiger partial charge on any atom is 0.475 e. The summed E-state index contributed by atoms with van der Waals surface area (Å²) in [6.07, 6.45) is 0.152. The lowest BCUT2D eigenvalue weighted by atomic mass is 9.76. The van der Waals surface area contributed by atoms with Crippen LogP contribution in [0.3, 0.4) is 0 Å². The lowest BCUT2D eigenvalue weighted by molar-refractivity contribution is -0.122. The van der Waals surface area contributed by atoms with E-state index in [1.165, 1.54) is 0 Å². The number of carbonyl (C=O) groups excluding carboxylic acids is 2. The highest BCUT2D eigenvalue weighted by Gasteiger charge is 2.27. The van der Waals surface area contributed by atoms with Crippen molar-refractivity contribution in [3.63, 3.8) is 0 Å². The molecule has 2 atom stereocenters. The molecule has 0 spiro atoms. The predicted molar refractivity (Wildman–Crippen MR) is 125 cm³/mol. The molecule has 0 aromatic heterocycles. The molecule has 0 bridgehead atoms. The molecule has 32 heavy (non-hydrogen) atoms. The Hall–Kier alpha value is -3.13. The zero-order valence-electron chi connectivity index (χ0n) is 17.3. The maximum absolute atomic E-state index is 12.8. The number of benzene rings is 3. The van der Waals surface area contributed by atoms with Crippen LogP contribution in [0.4, 0.5) is 0 Å². The highest BCUT2D eigenvalue weighted by Crippen LogP contribution is 2.21. The van der Waals surface area contributed by atoms with E-state index in [0.29, 0.717) is 16.1 Å². The second kappa shape index (κ2) is 11.5. The van der Waals surface area contributed by atoms with Gasteiger partial charge in [0.05, 0.1) is 18.4 Å². The van der Waals surface area contributed by atoms with E-state index in [1.54, 1.807) is 48.5 Å². The first-order chi connectivity index (χ1) is 15.4. The van der Waals surface area contributed by atoms with E-state index in [1.807, 2.05) is 36.4 Å². The Morgan fingerprint density at radius 1 is 0.875 bits per heavy atom. The van der Waals surface area contributed by atoms with Crippen LogP contribution in [0.25, 0.3) is 0 Å². The van der Waals surface area contributed by atoms with Crippen LogP contribution >= 0.6 is 11.6 Å². The van der Waals surface area contributed by atoms with Gasteiger partial charge in [-0.15, -0.1) is 0 Å². The number of rotatable bonds is 9. The first-order valence-corrected chi connectivity index (χ1v) is 10.6. The average molecular weight is 451 g/mol. The quantitative estimate of drug-likeness (QED) is 0.377. The molecule has 164 valence electrons. The third-order valence-electron chi connectivity index (χ3n) is 4.99. The second-order valence-electron chi connectivity index (χ2n) is 7.43. The smallest absolute Gasteiger partial charge is 0.426 e. The number of carbonyl (C=O) groups is 2. The average Bonchev–Trinajstić information content (AvgIpc) is 2.79. The summed E-state index contributed by atoms with van der Waals surface area (Å²) in [5.41, 5.74) is 1.99. The van der Waals surface area contributed by atoms with Gasteiger partial charge in [-0.3, -0.25) is 9.59 Å². The van der Waals surface area contributed by atoms with Gasteiger partial charge in [-0.05, 0) is 41.8 Å². The van der Waals surface area contributed by atoms with Gasteiger partial charge in [-0.2, -0.15) is 0 Å². The van der Waals surface area contributed by atoms with Crippen LogP contribution in [0.2, 0.25) is 5.02 Å². The molecule has 0 aliphatic heterocycles. The topological polar surface area (TPSA) is 98.7 Å². The van der Waals surface area contributed by atoms with Gasteiger partial charge in [0.2, 0.25) is 5.91 Å². The van der Waals surface area contributed by atoms with Crippen LogP contribution in [0.1, 0.15) is 33.9 Å². The number of nitrogens with one attached hydrogen (secondary N) is 2. The van der Waals surface area contributed by atoms with Crippen LogP contribution in [0.5, 0.6) is 0 Å². The molecule has 8 heteroatoms. The summed E-state index contributed by atoms with van der Waals surface area (Å²) in [4.78, 5) is 25.5. The Labute approximate surface area is 192 Å². The fourth-order valence-corrected chi connectivity index (χ4v) is 3.56. The van der Waals surface area contributed by atoms with Gasteiger partial charge in [0.15, 0.2) is 0 Å². The largest absolute Gasteiger partial charge is 0.475 e. The Balaban J connectivity index is 1.74. The summed E-state index contributed by atoms with van der Waals surface area (Å²) in [5.74, 6) is -1.65. The third-order valence-corrected chi connectivity index (χ3v) is 5.22. The Kier molecular flexibility index (Phi) is 8.44. The lowest BCUT2D eigenvalue weighted by Gasteiger charge is -2.22. The number of hydrogen-bond donors (Lipinski definition) is 4. The van der Waals surface area contributed by atoms with Gasteiger partial charge in [-0.1, -0.05) is 72.3 Å². The van der Waals surface area contributed by atoms with Crippen molar-refractivity contribution in [1.82, 2.24) is 10.6 Å². The molecule has 0 radical (unpaired) electrons. The molecule has 3 aromatic rings. The first kappa shape index (κ1) is 23.5. The minimum absolute atomic E-state index is 0.100. The van der Waals surface area contributed by atoms with E-state index >= 15 is 0 Å². The molecular formula is C24H24BClN2O4. The van der Waals surface area contributed by atoms with Crippen molar-refractivity contribution in [2.24, 2.45) is 0 Å². The minimum Gasteiger partial charge on any atom is -0.426 e. The summed E-state index contributed by atoms with van der Waals surface area (Å²) in [7, 11) is -1.73. The minimum atomic E-state index is -1.73. The summed E-state index contributed by atoms with van der Waals surface area (Å²) in [6, 6.07) is 24.2. The normalized spacial score (nSPS) is 12.5. The van der Waals surface area contributed by atoms with E-state index in [2.05, 4.69) is 10.6 Å². The van der Waals surface area contributed by atoms with Crippen molar-refractivity contribution < 1.29 is 19.6 Å². The van der Waals surface area contributed by atoms with Crippen molar-refractivity contribution in [2.45, 2.75) is 24.8 Å². The van der Waals surface area contributed by atoms with Crippen molar-refractivity contribution in [3.05, 3.63) is 107 Å². The Bertz CT molecular complexity index is 1030. The molecule has 3 rings (SSSR count). The van der Waals surface area contributed by atoms with Gasteiger partial charge in [0.1, 0.15) is 0 Å². The van der Waals surface area contributed by atoms with Crippen LogP contribution < -0.4 is 10.6 Å². The van der Waals surface area contributed by atoms with Gasteiger partial charge in [0.25, 0.3) is 5.91 Å². The Morgan fingerprint density at radius 3 is 2.16 bits per heavy atom. The van der Waals surface area contributed by atoms with Gasteiger partial charge in [0, 0.05) is 10.6 Å². The van der Waals surface area contributed by atoms with Crippen molar-refractivity contribution in [1.29, 1.82) is 0 Å². The molecule has 0 aliphatic carbocycles. The lowest BCUT2D eigenvalue weighted by Crippen LogP contribution is -2.48. The molecule has 4 N–H and O–H groups in total. The first-order valence-electron chi connectivity index (χ1n) is 10.2. The summed E-state index contributed by atoms with van der Waals surface area (Å²) >= 11 is 6.12. The molecule has 6 nitrogen and oxygen atoms in total. The standard InChI is InChI=1S/C24H24BClN2O4/c26-20-13-7-12-19(15-20)21(27-24(30)18-10-5-2-6-11-18)16-23(29)28-22(25(31)32)14-17-8-3-1-4-9-17/h1-13,15,21-22,31-32H,14,16H2,(H,27,30)(H,28,29). The van der Waals surface area contributed by atoms with Crippen molar-refractivity contribution >= 4 is 30.5 Å². The van der Waals surface area contributed by atoms with E-state index in [0.717, 1.165) is 5.56 Å². The highest BCUT2D eigenvalue weighted by atomic mass is 35.5. The zero-order valence-corrected chi connectivity index (χ0v) is 18.1. The molecule has 0 saturated heterocycles. The molecular weight excluding hydrogens is 427 g/mol. The van der Waals surface area contributed by atoms with Crippen molar-refractivity contribution in [3.8, 4) is 0 Å². The molecule has 0 aliphatic rings. The molecule has 0 fully saturated rings.